The molecule has 7 nitrogen and oxygen atoms in total. The Balaban J connectivity index is 2.34. The summed E-state index contributed by atoms with van der Waals surface area (Å²) < 4.78 is 5.91. The second kappa shape index (κ2) is 8.00. The smallest absolute Gasteiger partial charge is 0.369 e. The topological polar surface area (TPSA) is 88.2 Å². The van der Waals surface area contributed by atoms with Crippen LogP contribution in [0.25, 0.3) is 0 Å². The fourth-order valence-electron chi connectivity index (χ4n) is 2.90. The number of amidine groups is 1. The number of aliphatic imine (C=N–C) groups is 1. The number of benzene rings is 2. The number of halogens is 1. The first kappa shape index (κ1) is 19.9. The Morgan fingerprint density at radius 3 is 2.61 bits per heavy atom. The number of hydroxylamine groups is 1. The van der Waals surface area contributed by atoms with Crippen LogP contribution in [-0.2, 0) is 9.53 Å². The lowest BCUT2D eigenvalue weighted by Crippen LogP contribution is -2.48. The predicted octanol–water partition coefficient (Wildman–Crippen LogP) is 2.89. The van der Waals surface area contributed by atoms with Gasteiger partial charge in [0.1, 0.15) is 6.23 Å². The molecule has 0 fully saturated rings. The molecule has 2 atom stereocenters. The van der Waals surface area contributed by atoms with Gasteiger partial charge in [-0.1, -0.05) is 29.8 Å². The zero-order valence-corrected chi connectivity index (χ0v) is 16.4. The van der Waals surface area contributed by atoms with E-state index in [-0.39, 0.29) is 11.5 Å². The Labute approximate surface area is 167 Å². The lowest BCUT2D eigenvalue weighted by atomic mass is 10.0. The number of ether oxygens (including phenoxy) is 1. The van der Waals surface area contributed by atoms with Gasteiger partial charge in [-0.15, -0.1) is 0 Å². The molecule has 0 saturated heterocycles. The van der Waals surface area contributed by atoms with E-state index in [0.29, 0.717) is 26.6 Å². The highest BCUT2D eigenvalue weighted by molar-refractivity contribution is 6.31. The number of hydrogen-bond donors (Lipinski definition) is 1. The maximum absolute atomic E-state index is 13.5. The Morgan fingerprint density at radius 1 is 1.32 bits per heavy atom. The minimum atomic E-state index is -1.38. The highest BCUT2D eigenvalue weighted by Crippen LogP contribution is 2.30. The van der Waals surface area contributed by atoms with Crippen molar-refractivity contribution in [3.8, 4) is 0 Å². The fourth-order valence-corrected chi connectivity index (χ4v) is 3.07. The minimum Gasteiger partial charge on any atom is -0.620 e. The molecular weight excluding hydrogens is 382 g/mol. The molecule has 1 N–H and O–H groups in total. The highest BCUT2D eigenvalue weighted by atomic mass is 35.5. The van der Waals surface area contributed by atoms with Crippen LogP contribution in [0, 0.1) is 5.21 Å². The molecule has 0 spiro atoms. The van der Waals surface area contributed by atoms with Crippen molar-refractivity contribution in [2.75, 3.05) is 7.05 Å². The van der Waals surface area contributed by atoms with Crippen molar-refractivity contribution in [3.63, 3.8) is 0 Å². The first-order valence-electron chi connectivity index (χ1n) is 8.65. The van der Waals surface area contributed by atoms with Crippen molar-refractivity contribution in [1.82, 2.24) is 4.90 Å². The molecule has 1 heterocycles. The second-order valence-electron chi connectivity index (χ2n) is 6.38. The predicted molar refractivity (Wildman–Crippen MR) is 107 cm³/mol. The summed E-state index contributed by atoms with van der Waals surface area (Å²) >= 11 is 6.18. The molecule has 2 aromatic rings. The minimum absolute atomic E-state index is 0.106. The summed E-state index contributed by atoms with van der Waals surface area (Å²) in [6.07, 6.45) is -2.34. The normalized spacial score (nSPS) is 17.3. The molecule has 2 aromatic carbocycles. The first-order chi connectivity index (χ1) is 13.3. The average molecular weight is 402 g/mol. The first-order valence-corrected chi connectivity index (χ1v) is 9.02. The van der Waals surface area contributed by atoms with Crippen LogP contribution in [0.1, 0.15) is 25.0 Å². The number of rotatable bonds is 3. The van der Waals surface area contributed by atoms with Gasteiger partial charge in [-0.2, -0.15) is 4.74 Å². The molecular formula is C20H20ClN3O4. The number of fused-ring (bicyclic) bond motifs is 1. The number of aliphatic hydroxyl groups excluding tert-OH is 1. The van der Waals surface area contributed by atoms with Gasteiger partial charge < -0.3 is 20.0 Å². The summed E-state index contributed by atoms with van der Waals surface area (Å²) in [5, 5.41) is 23.9. The van der Waals surface area contributed by atoms with Crippen molar-refractivity contribution in [2.24, 2.45) is 4.99 Å². The van der Waals surface area contributed by atoms with Crippen LogP contribution in [0.15, 0.2) is 53.5 Å². The van der Waals surface area contributed by atoms with Crippen molar-refractivity contribution in [2.45, 2.75) is 26.3 Å². The van der Waals surface area contributed by atoms with Crippen LogP contribution in [-0.4, -0.2) is 51.8 Å². The molecule has 0 saturated carbocycles. The van der Waals surface area contributed by atoms with Crippen molar-refractivity contribution in [3.05, 3.63) is 69.9 Å². The monoisotopic (exact) mass is 401 g/mol. The van der Waals surface area contributed by atoms with Crippen LogP contribution in [0.5, 0.6) is 0 Å². The van der Waals surface area contributed by atoms with E-state index in [1.807, 2.05) is 6.07 Å². The lowest BCUT2D eigenvalue weighted by molar-refractivity contribution is -0.526. The molecule has 2 unspecified atom stereocenters. The molecule has 1 aliphatic rings. The van der Waals surface area contributed by atoms with Gasteiger partial charge in [0, 0.05) is 24.6 Å². The molecule has 0 bridgehead atoms. The number of nitrogens with zero attached hydrogens (tertiary/aromatic N) is 3. The Hall–Kier alpha value is -2.90. The maximum atomic E-state index is 13.5. The number of esters is 1. The molecule has 146 valence electrons. The molecule has 8 heteroatoms. The quantitative estimate of drug-likeness (QED) is 0.370. The van der Waals surface area contributed by atoms with Crippen LogP contribution < -0.4 is 0 Å². The van der Waals surface area contributed by atoms with E-state index in [1.54, 1.807) is 49.5 Å². The third kappa shape index (κ3) is 3.85. The van der Waals surface area contributed by atoms with Crippen molar-refractivity contribution in [1.29, 1.82) is 0 Å². The Kier molecular flexibility index (Phi) is 5.67. The SMILES string of the molecule is CC(=O)OC1C(N(C)C(C)O)=Nc2ccc(Cl)cc2C(c2ccccc2)=[N+]1[O-]. The summed E-state index contributed by atoms with van der Waals surface area (Å²) in [5.41, 5.74) is 1.86. The van der Waals surface area contributed by atoms with Crippen LogP contribution in [0.2, 0.25) is 5.02 Å². The van der Waals surface area contributed by atoms with Gasteiger partial charge in [-0.25, -0.2) is 4.99 Å². The Morgan fingerprint density at radius 2 is 2.00 bits per heavy atom. The van der Waals surface area contributed by atoms with E-state index in [0.717, 1.165) is 0 Å². The Bertz CT molecular complexity index is 957. The van der Waals surface area contributed by atoms with Gasteiger partial charge >= 0.3 is 12.2 Å². The lowest BCUT2D eigenvalue weighted by Gasteiger charge is -2.27. The summed E-state index contributed by atoms with van der Waals surface area (Å²) in [4.78, 5) is 17.6. The summed E-state index contributed by atoms with van der Waals surface area (Å²) in [7, 11) is 1.57. The van der Waals surface area contributed by atoms with E-state index in [4.69, 9.17) is 16.3 Å². The van der Waals surface area contributed by atoms with Crippen LogP contribution >= 0.6 is 11.6 Å². The zero-order valence-electron chi connectivity index (χ0n) is 15.7. The molecule has 0 aromatic heterocycles. The third-order valence-corrected chi connectivity index (χ3v) is 4.58. The number of carbonyl (C=O) groups excluding carboxylic acids is 1. The molecule has 0 aliphatic carbocycles. The maximum Gasteiger partial charge on any atom is 0.369 e. The number of hydrogen-bond acceptors (Lipinski definition) is 6. The number of aliphatic hydroxyl groups is 1. The van der Waals surface area contributed by atoms with E-state index in [9.17, 15) is 15.1 Å². The van der Waals surface area contributed by atoms with Gasteiger partial charge in [0.25, 0.3) is 0 Å². The van der Waals surface area contributed by atoms with Gasteiger partial charge in [-0.05, 0) is 37.3 Å². The van der Waals surface area contributed by atoms with Crippen LogP contribution in [0.4, 0.5) is 5.69 Å². The van der Waals surface area contributed by atoms with Crippen LogP contribution in [0.3, 0.4) is 0 Å². The summed E-state index contributed by atoms with van der Waals surface area (Å²) in [6, 6.07) is 14.0. The molecule has 28 heavy (non-hydrogen) atoms. The third-order valence-electron chi connectivity index (χ3n) is 4.35. The van der Waals surface area contributed by atoms with Gasteiger partial charge in [0.2, 0.25) is 11.5 Å². The number of likely N-dealkylation sites (N-methyl/N-ethyl adjacent to an activating group) is 1. The summed E-state index contributed by atoms with van der Waals surface area (Å²) in [5.74, 6) is -0.538. The highest BCUT2D eigenvalue weighted by Gasteiger charge is 2.38. The van der Waals surface area contributed by atoms with E-state index >= 15 is 0 Å². The van der Waals surface area contributed by atoms with Crippen molar-refractivity contribution < 1.29 is 19.4 Å². The molecule has 0 amide bonds. The average Bonchev–Trinajstić information content (AvgIpc) is 2.76. The second-order valence-corrected chi connectivity index (χ2v) is 6.81. The molecule has 1 aliphatic heterocycles. The molecule has 0 radical (unpaired) electrons. The largest absolute Gasteiger partial charge is 0.620 e. The zero-order chi connectivity index (χ0) is 20.4. The van der Waals surface area contributed by atoms with Gasteiger partial charge in [0.05, 0.1) is 11.3 Å². The summed E-state index contributed by atoms with van der Waals surface area (Å²) in [6.45, 7) is 2.74. The fraction of sp³-hybridized carbons (Fsp3) is 0.250. The van der Waals surface area contributed by atoms with Gasteiger partial charge in [-0.3, -0.25) is 4.79 Å². The van der Waals surface area contributed by atoms with Gasteiger partial charge in [0.15, 0.2) is 0 Å². The molecule has 3 rings (SSSR count). The van der Waals surface area contributed by atoms with Crippen molar-refractivity contribution >= 4 is 34.8 Å². The number of carbonyl (C=O) groups is 1. The standard InChI is InChI=1S/C20H20ClN3O4/c1-12(25)23(3)19-20(28-13(2)26)24(27)18(14-7-5-4-6-8-14)16-11-15(21)9-10-17(16)22-19/h4-12,20,25H,1-3H3. The van der Waals surface area contributed by atoms with E-state index in [2.05, 4.69) is 4.99 Å². The van der Waals surface area contributed by atoms with E-state index < -0.39 is 18.4 Å². The van der Waals surface area contributed by atoms with E-state index in [1.165, 1.54) is 18.7 Å².